The number of hydrogen-bond donors (Lipinski definition) is 1. The van der Waals surface area contributed by atoms with E-state index in [0.29, 0.717) is 12.1 Å². The predicted octanol–water partition coefficient (Wildman–Crippen LogP) is 2.36. The molecule has 0 spiro atoms. The molecule has 78 valence electrons. The fourth-order valence-corrected chi connectivity index (χ4v) is 1.49. The highest BCUT2D eigenvalue weighted by atomic mass is 16.5. The summed E-state index contributed by atoms with van der Waals surface area (Å²) in [5, 5.41) is 3.48. The molecular weight excluding hydrogens is 162 g/mol. The number of ether oxygens (including phenoxy) is 1. The van der Waals surface area contributed by atoms with Gasteiger partial charge in [0.1, 0.15) is 0 Å². The molecule has 0 amide bonds. The quantitative estimate of drug-likeness (QED) is 0.586. The topological polar surface area (TPSA) is 21.3 Å². The minimum atomic E-state index is 0.310. The van der Waals surface area contributed by atoms with Crippen LogP contribution in [0.2, 0.25) is 0 Å². The van der Waals surface area contributed by atoms with Gasteiger partial charge in [-0.2, -0.15) is 0 Å². The summed E-state index contributed by atoms with van der Waals surface area (Å²) in [4.78, 5) is 0. The van der Waals surface area contributed by atoms with Crippen molar-refractivity contribution in [1.82, 2.24) is 5.32 Å². The van der Waals surface area contributed by atoms with Gasteiger partial charge in [0.05, 0.1) is 6.10 Å². The summed E-state index contributed by atoms with van der Waals surface area (Å²) in [5.41, 5.74) is 0. The van der Waals surface area contributed by atoms with Crippen LogP contribution in [0.5, 0.6) is 0 Å². The van der Waals surface area contributed by atoms with Gasteiger partial charge < -0.3 is 10.1 Å². The number of rotatable bonds is 8. The fourth-order valence-electron chi connectivity index (χ4n) is 1.49. The average molecular weight is 185 g/mol. The van der Waals surface area contributed by atoms with Crippen molar-refractivity contribution >= 4 is 0 Å². The SMILES string of the molecule is C=CCC(NCCC)C(CC)OC. The zero-order valence-corrected chi connectivity index (χ0v) is 9.18. The molecule has 0 aliphatic heterocycles. The van der Waals surface area contributed by atoms with Crippen LogP contribution in [0.15, 0.2) is 12.7 Å². The lowest BCUT2D eigenvalue weighted by Gasteiger charge is -2.25. The first-order chi connectivity index (χ1) is 6.29. The van der Waals surface area contributed by atoms with E-state index in [2.05, 4.69) is 25.7 Å². The normalized spacial score (nSPS) is 15.3. The summed E-state index contributed by atoms with van der Waals surface area (Å²) in [6.45, 7) is 9.14. The van der Waals surface area contributed by atoms with Crippen LogP contribution < -0.4 is 5.32 Å². The Bertz CT molecular complexity index is 121. The Morgan fingerprint density at radius 3 is 2.54 bits per heavy atom. The van der Waals surface area contributed by atoms with E-state index < -0.39 is 0 Å². The van der Waals surface area contributed by atoms with Crippen molar-refractivity contribution in [3.8, 4) is 0 Å². The number of nitrogens with one attached hydrogen (secondary N) is 1. The molecule has 0 aromatic heterocycles. The molecule has 2 nitrogen and oxygen atoms in total. The summed E-state index contributed by atoms with van der Waals surface area (Å²) in [6, 6.07) is 0.424. The second kappa shape index (κ2) is 8.27. The lowest BCUT2D eigenvalue weighted by atomic mass is 10.1. The highest BCUT2D eigenvalue weighted by Crippen LogP contribution is 2.07. The Morgan fingerprint density at radius 1 is 1.46 bits per heavy atom. The first-order valence-electron chi connectivity index (χ1n) is 5.17. The summed E-state index contributed by atoms with van der Waals surface area (Å²) < 4.78 is 5.40. The maximum atomic E-state index is 5.40. The van der Waals surface area contributed by atoms with Crippen molar-refractivity contribution in [1.29, 1.82) is 0 Å². The molecule has 0 aliphatic rings. The van der Waals surface area contributed by atoms with E-state index in [1.807, 2.05) is 6.08 Å². The van der Waals surface area contributed by atoms with Crippen molar-refractivity contribution in [3.05, 3.63) is 12.7 Å². The van der Waals surface area contributed by atoms with Gasteiger partial charge in [-0.3, -0.25) is 0 Å². The molecule has 0 aliphatic carbocycles. The van der Waals surface area contributed by atoms with E-state index in [-0.39, 0.29) is 0 Å². The zero-order chi connectivity index (χ0) is 10.1. The standard InChI is InChI=1S/C11H23NO/c1-5-8-10(12-9-6-2)11(7-3)13-4/h5,10-12H,1,6-9H2,2-4H3. The third-order valence-corrected chi connectivity index (χ3v) is 2.23. The summed E-state index contributed by atoms with van der Waals surface area (Å²) in [7, 11) is 1.78. The molecule has 0 rings (SSSR count). The van der Waals surface area contributed by atoms with Crippen LogP contribution in [0.25, 0.3) is 0 Å². The van der Waals surface area contributed by atoms with Gasteiger partial charge in [0.15, 0.2) is 0 Å². The monoisotopic (exact) mass is 185 g/mol. The number of hydrogen-bond acceptors (Lipinski definition) is 2. The Hall–Kier alpha value is -0.340. The van der Waals surface area contributed by atoms with Gasteiger partial charge >= 0.3 is 0 Å². The van der Waals surface area contributed by atoms with E-state index in [1.54, 1.807) is 7.11 Å². The Kier molecular flexibility index (Phi) is 8.05. The summed E-state index contributed by atoms with van der Waals surface area (Å²) >= 11 is 0. The third kappa shape index (κ3) is 5.06. The molecule has 0 saturated heterocycles. The second-order valence-corrected chi connectivity index (χ2v) is 3.27. The van der Waals surface area contributed by atoms with Crippen molar-refractivity contribution in [2.75, 3.05) is 13.7 Å². The van der Waals surface area contributed by atoms with E-state index in [1.165, 1.54) is 0 Å². The van der Waals surface area contributed by atoms with E-state index in [9.17, 15) is 0 Å². The molecular formula is C11H23NO. The van der Waals surface area contributed by atoms with Crippen molar-refractivity contribution in [2.45, 2.75) is 45.3 Å². The molecule has 0 aromatic carbocycles. The highest BCUT2D eigenvalue weighted by Gasteiger charge is 2.16. The van der Waals surface area contributed by atoms with Gasteiger partial charge in [0, 0.05) is 13.2 Å². The molecule has 0 fully saturated rings. The van der Waals surface area contributed by atoms with Crippen LogP contribution in [-0.4, -0.2) is 25.8 Å². The lowest BCUT2D eigenvalue weighted by molar-refractivity contribution is 0.0662. The Morgan fingerprint density at radius 2 is 2.15 bits per heavy atom. The van der Waals surface area contributed by atoms with Crippen LogP contribution in [-0.2, 0) is 4.74 Å². The van der Waals surface area contributed by atoms with Crippen LogP contribution in [0, 0.1) is 0 Å². The van der Waals surface area contributed by atoms with Crippen molar-refractivity contribution < 1.29 is 4.74 Å². The minimum Gasteiger partial charge on any atom is -0.380 e. The van der Waals surface area contributed by atoms with Gasteiger partial charge in [0.25, 0.3) is 0 Å². The molecule has 2 unspecified atom stereocenters. The molecule has 1 N–H and O–H groups in total. The predicted molar refractivity (Wildman–Crippen MR) is 58.0 cm³/mol. The van der Waals surface area contributed by atoms with Crippen LogP contribution >= 0.6 is 0 Å². The van der Waals surface area contributed by atoms with Gasteiger partial charge in [0.2, 0.25) is 0 Å². The first-order valence-corrected chi connectivity index (χ1v) is 5.17. The Labute approximate surface area is 82.4 Å². The molecule has 0 radical (unpaired) electrons. The van der Waals surface area contributed by atoms with Crippen molar-refractivity contribution in [3.63, 3.8) is 0 Å². The summed E-state index contributed by atoms with van der Waals surface area (Å²) in [5.74, 6) is 0. The molecule has 2 heteroatoms. The van der Waals surface area contributed by atoms with Crippen LogP contribution in [0.1, 0.15) is 33.1 Å². The third-order valence-electron chi connectivity index (χ3n) is 2.23. The second-order valence-electron chi connectivity index (χ2n) is 3.27. The van der Waals surface area contributed by atoms with E-state index in [0.717, 1.165) is 25.8 Å². The molecule has 0 saturated carbocycles. The van der Waals surface area contributed by atoms with Gasteiger partial charge in [-0.1, -0.05) is 19.9 Å². The van der Waals surface area contributed by atoms with Crippen LogP contribution in [0.4, 0.5) is 0 Å². The molecule has 13 heavy (non-hydrogen) atoms. The van der Waals surface area contributed by atoms with Gasteiger partial charge in [-0.25, -0.2) is 0 Å². The zero-order valence-electron chi connectivity index (χ0n) is 9.18. The molecule has 2 atom stereocenters. The first kappa shape index (κ1) is 12.7. The van der Waals surface area contributed by atoms with Crippen LogP contribution in [0.3, 0.4) is 0 Å². The highest BCUT2D eigenvalue weighted by molar-refractivity contribution is 4.83. The van der Waals surface area contributed by atoms with Gasteiger partial charge in [-0.05, 0) is 25.8 Å². The minimum absolute atomic E-state index is 0.310. The maximum absolute atomic E-state index is 5.40. The average Bonchev–Trinajstić information content (AvgIpc) is 2.16. The smallest absolute Gasteiger partial charge is 0.0724 e. The van der Waals surface area contributed by atoms with E-state index in [4.69, 9.17) is 4.74 Å². The molecule has 0 bridgehead atoms. The van der Waals surface area contributed by atoms with Crippen molar-refractivity contribution in [2.24, 2.45) is 0 Å². The Balaban J connectivity index is 3.95. The maximum Gasteiger partial charge on any atom is 0.0724 e. The largest absolute Gasteiger partial charge is 0.380 e. The lowest BCUT2D eigenvalue weighted by Crippen LogP contribution is -2.40. The molecule has 0 aromatic rings. The van der Waals surface area contributed by atoms with Gasteiger partial charge in [-0.15, -0.1) is 6.58 Å². The summed E-state index contributed by atoms with van der Waals surface area (Å²) in [6.07, 6.45) is 5.45. The molecule has 0 heterocycles. The van der Waals surface area contributed by atoms with E-state index >= 15 is 0 Å². The fraction of sp³-hybridized carbons (Fsp3) is 0.818. The number of methoxy groups -OCH3 is 1.